The van der Waals surface area contributed by atoms with E-state index in [9.17, 15) is 9.59 Å². The van der Waals surface area contributed by atoms with Gasteiger partial charge in [0.2, 0.25) is 0 Å². The number of aromatic nitrogens is 1. The first-order chi connectivity index (χ1) is 11.6. The number of carbonyl (C=O) groups excluding carboxylic acids is 1. The van der Waals surface area contributed by atoms with Crippen molar-refractivity contribution in [2.45, 2.75) is 31.8 Å². The standard InChI is InChI=1S/C17H18N2O4S/c20-15(21)9-11-4-3-5-12(8-11)16(22)19-17-18-10-14(24-17)13-6-1-2-7-23-13/h3-5,8,10,13H,1-2,6-7,9H2,(H,20,21)(H,18,19,22). The Labute approximate surface area is 143 Å². The number of amides is 1. The Morgan fingerprint density at radius 1 is 1.38 bits per heavy atom. The first-order valence-corrected chi connectivity index (χ1v) is 8.63. The third kappa shape index (κ3) is 4.18. The van der Waals surface area contributed by atoms with E-state index < -0.39 is 5.97 Å². The zero-order valence-corrected chi connectivity index (χ0v) is 13.8. The average molecular weight is 346 g/mol. The quantitative estimate of drug-likeness (QED) is 0.867. The molecule has 0 saturated carbocycles. The lowest BCUT2D eigenvalue weighted by molar-refractivity contribution is -0.136. The van der Waals surface area contributed by atoms with E-state index in [0.29, 0.717) is 16.3 Å². The lowest BCUT2D eigenvalue weighted by atomic mass is 10.1. The van der Waals surface area contributed by atoms with Crippen LogP contribution in [0.5, 0.6) is 0 Å². The number of carboxylic acid groups (broad SMARTS) is 1. The molecule has 2 heterocycles. The lowest BCUT2D eigenvalue weighted by Crippen LogP contribution is -2.12. The molecule has 2 N–H and O–H groups in total. The molecule has 0 aliphatic carbocycles. The average Bonchev–Trinajstić information content (AvgIpc) is 3.04. The Kier molecular flexibility index (Phi) is 5.22. The fourth-order valence-corrected chi connectivity index (χ4v) is 3.52. The minimum absolute atomic E-state index is 0.0702. The molecule has 1 unspecified atom stereocenters. The highest BCUT2D eigenvalue weighted by atomic mass is 32.1. The van der Waals surface area contributed by atoms with E-state index in [1.165, 1.54) is 11.3 Å². The van der Waals surface area contributed by atoms with Gasteiger partial charge in [-0.3, -0.25) is 14.9 Å². The van der Waals surface area contributed by atoms with E-state index in [1.54, 1.807) is 30.5 Å². The molecule has 7 heteroatoms. The van der Waals surface area contributed by atoms with Crippen LogP contribution >= 0.6 is 11.3 Å². The maximum Gasteiger partial charge on any atom is 0.307 e. The normalized spacial score (nSPS) is 17.4. The predicted octanol–water partition coefficient (Wildman–Crippen LogP) is 3.26. The van der Waals surface area contributed by atoms with Crippen molar-refractivity contribution >= 4 is 28.3 Å². The molecule has 3 rings (SSSR count). The maximum atomic E-state index is 12.3. The first kappa shape index (κ1) is 16.6. The van der Waals surface area contributed by atoms with Gasteiger partial charge in [0.25, 0.3) is 5.91 Å². The van der Waals surface area contributed by atoms with Crippen LogP contribution in [-0.4, -0.2) is 28.6 Å². The van der Waals surface area contributed by atoms with Crippen LogP contribution in [0, 0.1) is 0 Å². The smallest absolute Gasteiger partial charge is 0.307 e. The lowest BCUT2D eigenvalue weighted by Gasteiger charge is -2.20. The molecule has 0 spiro atoms. The topological polar surface area (TPSA) is 88.5 Å². The third-order valence-corrected chi connectivity index (χ3v) is 4.79. The van der Waals surface area contributed by atoms with E-state index in [4.69, 9.17) is 9.84 Å². The Morgan fingerprint density at radius 2 is 2.25 bits per heavy atom. The summed E-state index contributed by atoms with van der Waals surface area (Å²) in [7, 11) is 0. The van der Waals surface area contributed by atoms with Gasteiger partial charge in [-0.05, 0) is 37.0 Å². The summed E-state index contributed by atoms with van der Waals surface area (Å²) in [5.41, 5.74) is 1.00. The molecule has 1 saturated heterocycles. The van der Waals surface area contributed by atoms with E-state index in [2.05, 4.69) is 10.3 Å². The highest BCUT2D eigenvalue weighted by Gasteiger charge is 2.19. The van der Waals surface area contributed by atoms with Gasteiger partial charge in [-0.25, -0.2) is 4.98 Å². The van der Waals surface area contributed by atoms with E-state index in [1.807, 2.05) is 0 Å². The first-order valence-electron chi connectivity index (χ1n) is 7.81. The molecule has 1 fully saturated rings. The number of thiazole rings is 1. The number of carbonyl (C=O) groups is 2. The molecule has 1 atom stereocenters. The summed E-state index contributed by atoms with van der Waals surface area (Å²) in [4.78, 5) is 28.3. The van der Waals surface area contributed by atoms with Crippen molar-refractivity contribution < 1.29 is 19.4 Å². The van der Waals surface area contributed by atoms with Crippen molar-refractivity contribution in [3.63, 3.8) is 0 Å². The number of ether oxygens (including phenoxy) is 1. The minimum Gasteiger partial charge on any atom is -0.481 e. The van der Waals surface area contributed by atoms with Crippen molar-refractivity contribution in [2.75, 3.05) is 11.9 Å². The molecule has 1 aromatic heterocycles. The molecule has 1 aliphatic heterocycles. The Hall–Kier alpha value is -2.25. The van der Waals surface area contributed by atoms with Crippen LogP contribution < -0.4 is 5.32 Å². The molecule has 1 aliphatic rings. The Bertz CT molecular complexity index is 738. The summed E-state index contributed by atoms with van der Waals surface area (Å²) >= 11 is 1.42. The van der Waals surface area contributed by atoms with Gasteiger partial charge in [-0.1, -0.05) is 23.5 Å². The number of nitrogens with zero attached hydrogens (tertiary/aromatic N) is 1. The van der Waals surface area contributed by atoms with Crippen LogP contribution in [0.4, 0.5) is 5.13 Å². The second-order valence-corrected chi connectivity index (χ2v) is 6.71. The second kappa shape index (κ2) is 7.55. The fourth-order valence-electron chi connectivity index (χ4n) is 2.62. The molecular weight excluding hydrogens is 328 g/mol. The molecule has 24 heavy (non-hydrogen) atoms. The zero-order chi connectivity index (χ0) is 16.9. The zero-order valence-electron chi connectivity index (χ0n) is 13.0. The molecule has 0 bridgehead atoms. The maximum absolute atomic E-state index is 12.3. The summed E-state index contributed by atoms with van der Waals surface area (Å²) in [6, 6.07) is 6.60. The number of rotatable bonds is 5. The van der Waals surface area contributed by atoms with Gasteiger partial charge in [-0.15, -0.1) is 0 Å². The fraction of sp³-hybridized carbons (Fsp3) is 0.353. The van der Waals surface area contributed by atoms with Crippen molar-refractivity contribution in [1.29, 1.82) is 0 Å². The van der Waals surface area contributed by atoms with E-state index >= 15 is 0 Å². The van der Waals surface area contributed by atoms with Crippen molar-refractivity contribution in [2.24, 2.45) is 0 Å². The minimum atomic E-state index is -0.926. The largest absolute Gasteiger partial charge is 0.481 e. The van der Waals surface area contributed by atoms with Gasteiger partial charge < -0.3 is 9.84 Å². The van der Waals surface area contributed by atoms with Gasteiger partial charge >= 0.3 is 5.97 Å². The molecule has 126 valence electrons. The third-order valence-electron chi connectivity index (χ3n) is 3.79. The molecular formula is C17H18N2O4S. The highest BCUT2D eigenvalue weighted by Crippen LogP contribution is 2.33. The van der Waals surface area contributed by atoms with Gasteiger partial charge in [0.15, 0.2) is 5.13 Å². The molecule has 1 aromatic carbocycles. The monoisotopic (exact) mass is 346 g/mol. The van der Waals surface area contributed by atoms with Gasteiger partial charge in [-0.2, -0.15) is 0 Å². The van der Waals surface area contributed by atoms with Gasteiger partial charge in [0.05, 0.1) is 17.4 Å². The summed E-state index contributed by atoms with van der Waals surface area (Å²) in [6.07, 6.45) is 4.92. The van der Waals surface area contributed by atoms with Crippen molar-refractivity contribution in [3.8, 4) is 0 Å². The molecule has 6 nitrogen and oxygen atoms in total. The number of carboxylic acids is 1. The SMILES string of the molecule is O=C(O)Cc1cccc(C(=O)Nc2ncc(C3CCCCO3)s2)c1. The predicted molar refractivity (Wildman–Crippen MR) is 90.4 cm³/mol. The van der Waals surface area contributed by atoms with Gasteiger partial charge in [0, 0.05) is 18.4 Å². The van der Waals surface area contributed by atoms with E-state index in [0.717, 1.165) is 30.7 Å². The number of benzene rings is 1. The molecule has 1 amide bonds. The highest BCUT2D eigenvalue weighted by molar-refractivity contribution is 7.15. The van der Waals surface area contributed by atoms with Crippen molar-refractivity contribution in [3.05, 3.63) is 46.5 Å². The van der Waals surface area contributed by atoms with Crippen LogP contribution in [0.1, 0.15) is 46.2 Å². The summed E-state index contributed by atoms with van der Waals surface area (Å²) in [6.45, 7) is 0.765. The number of hydrogen-bond acceptors (Lipinski definition) is 5. The van der Waals surface area contributed by atoms with Crippen LogP contribution in [-0.2, 0) is 16.0 Å². The molecule has 0 radical (unpaired) electrons. The number of aliphatic carboxylic acids is 1. The number of hydrogen-bond donors (Lipinski definition) is 2. The number of nitrogens with one attached hydrogen (secondary N) is 1. The van der Waals surface area contributed by atoms with Crippen molar-refractivity contribution in [1.82, 2.24) is 4.98 Å². The molecule has 2 aromatic rings. The summed E-state index contributed by atoms with van der Waals surface area (Å²) in [5.74, 6) is -1.22. The van der Waals surface area contributed by atoms with Crippen LogP contribution in [0.3, 0.4) is 0 Å². The summed E-state index contributed by atoms with van der Waals surface area (Å²) < 4.78 is 5.72. The van der Waals surface area contributed by atoms with Crippen LogP contribution in [0.2, 0.25) is 0 Å². The van der Waals surface area contributed by atoms with E-state index in [-0.39, 0.29) is 18.4 Å². The Balaban J connectivity index is 1.66. The second-order valence-electron chi connectivity index (χ2n) is 5.65. The van der Waals surface area contributed by atoms with Gasteiger partial charge in [0.1, 0.15) is 0 Å². The van der Waals surface area contributed by atoms with Crippen LogP contribution in [0.25, 0.3) is 0 Å². The summed E-state index contributed by atoms with van der Waals surface area (Å²) in [5, 5.41) is 12.1. The van der Waals surface area contributed by atoms with Crippen LogP contribution in [0.15, 0.2) is 30.5 Å². The number of anilines is 1. The Morgan fingerprint density at radius 3 is 3.00 bits per heavy atom.